The number of hydrogen-bond donors (Lipinski definition) is 1. The number of hydrogen-bond acceptors (Lipinski definition) is 9. The van der Waals surface area contributed by atoms with Gasteiger partial charge in [0.25, 0.3) is 11.8 Å². The summed E-state index contributed by atoms with van der Waals surface area (Å²) in [6.07, 6.45) is -0.273. The number of ether oxygens (including phenoxy) is 3. The molecule has 3 amide bonds. The van der Waals surface area contributed by atoms with Crippen molar-refractivity contribution in [3.63, 3.8) is 0 Å². The van der Waals surface area contributed by atoms with Gasteiger partial charge in [0.05, 0.1) is 29.2 Å². The first-order chi connectivity index (χ1) is 18.0. The minimum atomic E-state index is -1.26. The van der Waals surface area contributed by atoms with Crippen molar-refractivity contribution in [1.29, 1.82) is 0 Å². The van der Waals surface area contributed by atoms with Crippen LogP contribution in [0.4, 0.5) is 0 Å². The number of carbonyl (C=O) groups excluding carboxylic acids is 4. The van der Waals surface area contributed by atoms with Crippen LogP contribution < -0.4 is 10.5 Å². The predicted octanol–water partition coefficient (Wildman–Crippen LogP) is 2.73. The smallest absolute Gasteiger partial charge is 0.306 e. The van der Waals surface area contributed by atoms with Gasteiger partial charge in [0.2, 0.25) is 5.91 Å². The van der Waals surface area contributed by atoms with Gasteiger partial charge in [-0.1, -0.05) is 12.1 Å². The summed E-state index contributed by atoms with van der Waals surface area (Å²) in [6.45, 7) is 9.41. The fraction of sp³-hybridized carbons (Fsp3) is 0.481. The summed E-state index contributed by atoms with van der Waals surface area (Å²) in [5.74, 6) is -1.98. The molecule has 204 valence electrons. The Morgan fingerprint density at radius 1 is 1.11 bits per heavy atom. The fourth-order valence-corrected chi connectivity index (χ4v) is 5.35. The summed E-state index contributed by atoms with van der Waals surface area (Å²) in [7, 11) is 0. The van der Waals surface area contributed by atoms with Crippen molar-refractivity contribution >= 4 is 35.0 Å². The second kappa shape index (κ2) is 11.6. The van der Waals surface area contributed by atoms with Crippen molar-refractivity contribution in [3.8, 4) is 5.75 Å². The lowest BCUT2D eigenvalue weighted by atomic mass is 10.1. The number of primary amides is 1. The average Bonchev–Trinajstić information content (AvgIpc) is 3.38. The lowest BCUT2D eigenvalue weighted by Gasteiger charge is -2.26. The van der Waals surface area contributed by atoms with E-state index in [-0.39, 0.29) is 30.6 Å². The van der Waals surface area contributed by atoms with Gasteiger partial charge < -0.3 is 19.9 Å². The molecule has 2 aliphatic rings. The molecule has 1 fully saturated rings. The highest BCUT2D eigenvalue weighted by Crippen LogP contribution is 2.34. The molecule has 10 nitrogen and oxygen atoms in total. The Balaban J connectivity index is 1.39. The number of carbonyl (C=O) groups is 4. The van der Waals surface area contributed by atoms with E-state index in [0.29, 0.717) is 10.6 Å². The van der Waals surface area contributed by atoms with Crippen LogP contribution in [0.15, 0.2) is 29.6 Å². The quantitative estimate of drug-likeness (QED) is 0.358. The minimum Gasteiger partial charge on any atom is -0.488 e. The molecule has 0 radical (unpaired) electrons. The van der Waals surface area contributed by atoms with Gasteiger partial charge in [-0.15, -0.1) is 11.3 Å². The molecule has 11 heteroatoms. The van der Waals surface area contributed by atoms with Gasteiger partial charge in [-0.3, -0.25) is 29.0 Å². The molecule has 0 saturated carbocycles. The first kappa shape index (κ1) is 27.7. The van der Waals surface area contributed by atoms with Crippen molar-refractivity contribution in [2.45, 2.75) is 58.4 Å². The number of nitrogens with two attached hydrogens (primary N) is 1. The zero-order valence-corrected chi connectivity index (χ0v) is 22.7. The third-order valence-electron chi connectivity index (χ3n) is 6.23. The van der Waals surface area contributed by atoms with E-state index in [1.54, 1.807) is 26.2 Å². The van der Waals surface area contributed by atoms with Crippen molar-refractivity contribution < 1.29 is 33.4 Å². The summed E-state index contributed by atoms with van der Waals surface area (Å²) in [4.78, 5) is 54.4. The van der Waals surface area contributed by atoms with Crippen LogP contribution in [0, 0.1) is 0 Å². The Bertz CT molecular complexity index is 1200. The third kappa shape index (κ3) is 6.58. The van der Waals surface area contributed by atoms with E-state index in [0.717, 1.165) is 43.3 Å². The van der Waals surface area contributed by atoms with Crippen LogP contribution in [0.1, 0.15) is 64.8 Å². The highest BCUT2D eigenvalue weighted by Gasteiger charge is 2.44. The Hall–Kier alpha value is -3.28. The number of rotatable bonds is 10. The van der Waals surface area contributed by atoms with Crippen LogP contribution in [0.5, 0.6) is 5.75 Å². The summed E-state index contributed by atoms with van der Waals surface area (Å²) in [5.41, 5.74) is 6.43. The lowest BCUT2D eigenvalue weighted by Crippen LogP contribution is -2.48. The van der Waals surface area contributed by atoms with E-state index in [1.165, 1.54) is 11.3 Å². The summed E-state index contributed by atoms with van der Waals surface area (Å²) < 4.78 is 16.6. The van der Waals surface area contributed by atoms with Gasteiger partial charge in [-0.2, -0.15) is 0 Å². The van der Waals surface area contributed by atoms with Gasteiger partial charge in [-0.25, -0.2) is 0 Å². The maximum absolute atomic E-state index is 13.3. The van der Waals surface area contributed by atoms with Crippen molar-refractivity contribution in [2.75, 3.05) is 26.3 Å². The molecule has 1 atom stereocenters. The number of thiophene rings is 1. The molecule has 0 bridgehead atoms. The molecule has 1 aromatic carbocycles. The number of nitrogens with zero attached hydrogens (tertiary/aromatic N) is 2. The number of benzene rings is 1. The van der Waals surface area contributed by atoms with Gasteiger partial charge in [0, 0.05) is 31.4 Å². The third-order valence-corrected chi connectivity index (χ3v) is 7.19. The monoisotopic (exact) mass is 543 g/mol. The molecule has 2 aromatic rings. The van der Waals surface area contributed by atoms with E-state index < -0.39 is 35.3 Å². The molecular weight excluding hydrogens is 510 g/mol. The summed E-state index contributed by atoms with van der Waals surface area (Å²) in [5, 5.41) is 1.59. The maximum atomic E-state index is 13.3. The molecule has 1 aromatic heterocycles. The molecule has 38 heavy (non-hydrogen) atoms. The molecule has 1 saturated heterocycles. The van der Waals surface area contributed by atoms with Crippen molar-refractivity contribution in [3.05, 3.63) is 51.2 Å². The van der Waals surface area contributed by atoms with Gasteiger partial charge in [0.15, 0.2) is 0 Å². The maximum Gasteiger partial charge on any atom is 0.306 e. The fourth-order valence-electron chi connectivity index (χ4n) is 4.42. The average molecular weight is 544 g/mol. The molecule has 4 rings (SSSR count). The Kier molecular flexibility index (Phi) is 8.49. The second-order valence-corrected chi connectivity index (χ2v) is 11.3. The second-order valence-electron chi connectivity index (χ2n) is 10.3. The number of amides is 3. The Morgan fingerprint density at radius 3 is 2.42 bits per heavy atom. The molecular formula is C27H33N3O7S. The number of fused-ring (bicyclic) bond motifs is 1. The first-order valence-corrected chi connectivity index (χ1v) is 13.4. The van der Waals surface area contributed by atoms with Crippen LogP contribution in [0.2, 0.25) is 0 Å². The molecule has 2 aliphatic heterocycles. The van der Waals surface area contributed by atoms with Gasteiger partial charge in [-0.05, 0) is 44.9 Å². The minimum absolute atomic E-state index is 0.0921. The number of morpholine rings is 1. The summed E-state index contributed by atoms with van der Waals surface area (Å²) in [6, 6.07) is 6.50. The largest absolute Gasteiger partial charge is 0.488 e. The number of esters is 1. The standard InChI is InChI=1S/C27H33N3O7S/c1-27(2,3)37-22(31)9-8-20(24(28)32)30-25(33)19-16-38-21(23(19)26(30)34)15-36-18-6-4-17(5-7-18)14-29-10-12-35-13-11-29/h4-7,16,20H,8-15H2,1-3H3,(H2,28,32)/t20-/m0/s1. The highest BCUT2D eigenvalue weighted by molar-refractivity contribution is 7.10. The van der Waals surface area contributed by atoms with E-state index in [1.807, 2.05) is 24.3 Å². The molecule has 3 heterocycles. The van der Waals surface area contributed by atoms with Gasteiger partial charge in [0.1, 0.15) is 24.0 Å². The molecule has 0 aliphatic carbocycles. The molecule has 0 spiro atoms. The van der Waals surface area contributed by atoms with E-state index in [4.69, 9.17) is 19.9 Å². The number of imide groups is 1. The summed E-state index contributed by atoms with van der Waals surface area (Å²) >= 11 is 1.25. The predicted molar refractivity (Wildman–Crippen MR) is 140 cm³/mol. The highest BCUT2D eigenvalue weighted by atomic mass is 32.1. The van der Waals surface area contributed by atoms with Crippen LogP contribution >= 0.6 is 11.3 Å². The lowest BCUT2D eigenvalue weighted by molar-refractivity contribution is -0.155. The van der Waals surface area contributed by atoms with E-state index in [2.05, 4.69) is 4.90 Å². The molecule has 2 N–H and O–H groups in total. The first-order valence-electron chi connectivity index (χ1n) is 12.5. The topological polar surface area (TPSA) is 128 Å². The van der Waals surface area contributed by atoms with Crippen LogP contribution in [0.3, 0.4) is 0 Å². The molecule has 0 unspecified atom stereocenters. The van der Waals surface area contributed by atoms with Crippen molar-refractivity contribution in [1.82, 2.24) is 9.80 Å². The van der Waals surface area contributed by atoms with E-state index >= 15 is 0 Å². The van der Waals surface area contributed by atoms with E-state index in [9.17, 15) is 19.2 Å². The SMILES string of the molecule is CC(C)(C)OC(=O)CC[C@@H](C(N)=O)N1C(=O)c2csc(COc3ccc(CN4CCOCC4)cc3)c2C1=O. The Morgan fingerprint density at radius 2 is 1.79 bits per heavy atom. The Labute approximate surface area is 225 Å². The normalized spacial score (nSPS) is 16.9. The van der Waals surface area contributed by atoms with Crippen LogP contribution in [0.25, 0.3) is 0 Å². The van der Waals surface area contributed by atoms with Crippen LogP contribution in [-0.4, -0.2) is 71.4 Å². The van der Waals surface area contributed by atoms with Gasteiger partial charge >= 0.3 is 5.97 Å². The van der Waals surface area contributed by atoms with Crippen LogP contribution in [-0.2, 0) is 32.2 Å². The van der Waals surface area contributed by atoms with Crippen molar-refractivity contribution in [2.24, 2.45) is 5.73 Å². The zero-order valence-electron chi connectivity index (χ0n) is 21.9. The zero-order chi connectivity index (χ0) is 27.4.